The summed E-state index contributed by atoms with van der Waals surface area (Å²) >= 11 is 0. The average Bonchev–Trinajstić information content (AvgIpc) is 2.25. The van der Waals surface area contributed by atoms with Gasteiger partial charge in [0, 0.05) is 6.04 Å². The summed E-state index contributed by atoms with van der Waals surface area (Å²) < 4.78 is 0. The van der Waals surface area contributed by atoms with E-state index in [1.807, 2.05) is 0 Å². The van der Waals surface area contributed by atoms with Gasteiger partial charge in [-0.25, -0.2) is 0 Å². The van der Waals surface area contributed by atoms with E-state index in [1.165, 1.54) is 17.5 Å². The molecular formula is C16H27N. The van der Waals surface area contributed by atoms with E-state index in [0.29, 0.717) is 11.5 Å². The molecule has 0 bridgehead atoms. The smallest absolute Gasteiger partial charge is 0.0156 e. The third kappa shape index (κ3) is 4.91. The molecule has 0 aliphatic rings. The maximum Gasteiger partial charge on any atom is 0.0156 e. The molecule has 0 heterocycles. The van der Waals surface area contributed by atoms with E-state index in [2.05, 4.69) is 64.2 Å². The predicted octanol–water partition coefficient (Wildman–Crippen LogP) is 3.95. The molecule has 0 radical (unpaired) electrons. The predicted molar refractivity (Wildman–Crippen MR) is 76.4 cm³/mol. The molecule has 0 aromatic heterocycles. The number of nitrogens with one attached hydrogen (secondary N) is 1. The summed E-state index contributed by atoms with van der Waals surface area (Å²) in [4.78, 5) is 0. The number of rotatable bonds is 5. The van der Waals surface area contributed by atoms with Crippen LogP contribution in [0.5, 0.6) is 0 Å². The van der Waals surface area contributed by atoms with Gasteiger partial charge in [0.2, 0.25) is 0 Å². The van der Waals surface area contributed by atoms with Crippen LogP contribution in [0, 0.1) is 12.3 Å². The molecule has 0 aliphatic carbocycles. The van der Waals surface area contributed by atoms with E-state index < -0.39 is 0 Å². The number of benzene rings is 1. The lowest BCUT2D eigenvalue weighted by Gasteiger charge is -2.32. The van der Waals surface area contributed by atoms with Gasteiger partial charge in [0.1, 0.15) is 0 Å². The van der Waals surface area contributed by atoms with Gasteiger partial charge in [-0.3, -0.25) is 0 Å². The van der Waals surface area contributed by atoms with Crippen LogP contribution in [0.2, 0.25) is 0 Å². The Morgan fingerprint density at radius 2 is 1.71 bits per heavy atom. The summed E-state index contributed by atoms with van der Waals surface area (Å²) in [6.45, 7) is 12.4. The highest BCUT2D eigenvalue weighted by Gasteiger charge is 2.23. The van der Waals surface area contributed by atoms with Gasteiger partial charge in [-0.15, -0.1) is 0 Å². The molecule has 1 heteroatoms. The van der Waals surface area contributed by atoms with Crippen molar-refractivity contribution in [2.24, 2.45) is 5.41 Å². The second kappa shape index (κ2) is 6.20. The molecule has 0 saturated heterocycles. The van der Waals surface area contributed by atoms with Crippen molar-refractivity contribution < 1.29 is 0 Å². The molecule has 0 spiro atoms. The first-order chi connectivity index (χ1) is 7.93. The fraction of sp³-hybridized carbons (Fsp3) is 0.625. The highest BCUT2D eigenvalue weighted by molar-refractivity contribution is 5.22. The molecule has 0 amide bonds. The first-order valence-corrected chi connectivity index (χ1v) is 6.72. The fourth-order valence-corrected chi connectivity index (χ4v) is 1.96. The minimum atomic E-state index is 0.306. The van der Waals surface area contributed by atoms with Gasteiger partial charge in [0.15, 0.2) is 0 Å². The van der Waals surface area contributed by atoms with Crippen molar-refractivity contribution in [3.63, 3.8) is 0 Å². The zero-order valence-corrected chi connectivity index (χ0v) is 12.0. The van der Waals surface area contributed by atoms with Crippen LogP contribution in [0.1, 0.15) is 45.2 Å². The SMILES string of the molecule is CCCNC(Cc1ccc(C)cc1)C(C)(C)C. The van der Waals surface area contributed by atoms with Crippen LogP contribution < -0.4 is 5.32 Å². The summed E-state index contributed by atoms with van der Waals surface area (Å²) in [5.74, 6) is 0. The van der Waals surface area contributed by atoms with Crippen molar-refractivity contribution in [2.75, 3.05) is 6.54 Å². The zero-order valence-electron chi connectivity index (χ0n) is 12.0. The monoisotopic (exact) mass is 233 g/mol. The number of hydrogen-bond acceptors (Lipinski definition) is 1. The highest BCUT2D eigenvalue weighted by Crippen LogP contribution is 2.22. The standard InChI is InChI=1S/C16H27N/c1-6-11-17-15(16(3,4)5)12-14-9-7-13(2)8-10-14/h7-10,15,17H,6,11-12H2,1-5H3. The molecule has 1 N–H and O–H groups in total. The lowest BCUT2D eigenvalue weighted by Crippen LogP contribution is -2.42. The molecule has 1 aromatic carbocycles. The fourth-order valence-electron chi connectivity index (χ4n) is 1.96. The molecule has 1 unspecified atom stereocenters. The average molecular weight is 233 g/mol. The maximum atomic E-state index is 3.67. The van der Waals surface area contributed by atoms with Crippen molar-refractivity contribution in [3.8, 4) is 0 Å². The van der Waals surface area contributed by atoms with Crippen LogP contribution in [0.15, 0.2) is 24.3 Å². The number of hydrogen-bond donors (Lipinski definition) is 1. The summed E-state index contributed by atoms with van der Waals surface area (Å²) in [5, 5.41) is 3.67. The molecule has 0 aliphatic heterocycles. The Kier molecular flexibility index (Phi) is 5.20. The van der Waals surface area contributed by atoms with E-state index in [0.717, 1.165) is 13.0 Å². The summed E-state index contributed by atoms with van der Waals surface area (Å²) in [6.07, 6.45) is 2.31. The Morgan fingerprint density at radius 3 is 2.18 bits per heavy atom. The second-order valence-corrected chi connectivity index (χ2v) is 6.06. The summed E-state index contributed by atoms with van der Waals surface area (Å²) in [7, 11) is 0. The Labute approximate surface area is 107 Å². The third-order valence-electron chi connectivity index (χ3n) is 3.25. The van der Waals surface area contributed by atoms with Gasteiger partial charge in [-0.05, 0) is 37.3 Å². The Morgan fingerprint density at radius 1 is 1.12 bits per heavy atom. The van der Waals surface area contributed by atoms with Gasteiger partial charge in [-0.1, -0.05) is 57.5 Å². The largest absolute Gasteiger partial charge is 0.313 e. The minimum Gasteiger partial charge on any atom is -0.313 e. The molecular weight excluding hydrogens is 206 g/mol. The van der Waals surface area contributed by atoms with Crippen LogP contribution >= 0.6 is 0 Å². The van der Waals surface area contributed by atoms with Crippen LogP contribution in [-0.4, -0.2) is 12.6 Å². The van der Waals surface area contributed by atoms with Crippen LogP contribution in [0.25, 0.3) is 0 Å². The van der Waals surface area contributed by atoms with Crippen molar-refractivity contribution in [3.05, 3.63) is 35.4 Å². The quantitative estimate of drug-likeness (QED) is 0.812. The van der Waals surface area contributed by atoms with Gasteiger partial charge in [0.25, 0.3) is 0 Å². The van der Waals surface area contributed by atoms with E-state index in [1.54, 1.807) is 0 Å². The highest BCUT2D eigenvalue weighted by atomic mass is 14.9. The zero-order chi connectivity index (χ0) is 12.9. The van der Waals surface area contributed by atoms with Crippen LogP contribution in [0.4, 0.5) is 0 Å². The second-order valence-electron chi connectivity index (χ2n) is 6.06. The topological polar surface area (TPSA) is 12.0 Å². The molecule has 0 fully saturated rings. The molecule has 1 nitrogen and oxygen atoms in total. The first-order valence-electron chi connectivity index (χ1n) is 6.72. The summed E-state index contributed by atoms with van der Waals surface area (Å²) in [5.41, 5.74) is 3.07. The lowest BCUT2D eigenvalue weighted by atomic mass is 9.83. The third-order valence-corrected chi connectivity index (χ3v) is 3.25. The normalized spacial score (nSPS) is 13.7. The van der Waals surface area contributed by atoms with Gasteiger partial charge in [0.05, 0.1) is 0 Å². The van der Waals surface area contributed by atoms with Crippen molar-refractivity contribution in [2.45, 2.75) is 53.5 Å². The van der Waals surface area contributed by atoms with Gasteiger partial charge in [-0.2, -0.15) is 0 Å². The Balaban J connectivity index is 2.68. The number of aryl methyl sites for hydroxylation is 1. The maximum absolute atomic E-state index is 3.67. The van der Waals surface area contributed by atoms with Crippen LogP contribution in [0.3, 0.4) is 0 Å². The Bertz CT molecular complexity index is 318. The summed E-state index contributed by atoms with van der Waals surface area (Å²) in [6, 6.07) is 9.46. The van der Waals surface area contributed by atoms with E-state index in [4.69, 9.17) is 0 Å². The van der Waals surface area contributed by atoms with E-state index in [9.17, 15) is 0 Å². The minimum absolute atomic E-state index is 0.306. The first kappa shape index (κ1) is 14.2. The van der Waals surface area contributed by atoms with Crippen LogP contribution in [-0.2, 0) is 6.42 Å². The van der Waals surface area contributed by atoms with E-state index in [-0.39, 0.29) is 0 Å². The molecule has 0 saturated carbocycles. The lowest BCUT2D eigenvalue weighted by molar-refractivity contribution is 0.267. The Hall–Kier alpha value is -0.820. The molecule has 1 atom stereocenters. The van der Waals surface area contributed by atoms with Crippen molar-refractivity contribution >= 4 is 0 Å². The molecule has 1 aromatic rings. The van der Waals surface area contributed by atoms with Crippen molar-refractivity contribution in [1.82, 2.24) is 5.32 Å². The van der Waals surface area contributed by atoms with E-state index >= 15 is 0 Å². The van der Waals surface area contributed by atoms with Crippen molar-refractivity contribution in [1.29, 1.82) is 0 Å². The molecule has 17 heavy (non-hydrogen) atoms. The van der Waals surface area contributed by atoms with Gasteiger partial charge >= 0.3 is 0 Å². The molecule has 1 rings (SSSR count). The molecule has 96 valence electrons. The van der Waals surface area contributed by atoms with Gasteiger partial charge < -0.3 is 5.32 Å².